The van der Waals surface area contributed by atoms with Gasteiger partial charge in [0.1, 0.15) is 27.8 Å². The van der Waals surface area contributed by atoms with E-state index in [-0.39, 0.29) is 53.4 Å². The maximum absolute atomic E-state index is 12.8. The second kappa shape index (κ2) is 23.3. The molecule has 2 aliphatic heterocycles. The van der Waals surface area contributed by atoms with Gasteiger partial charge in [0.15, 0.2) is 5.71 Å². The molecular formula is C56H62N3O20S6+. The summed E-state index contributed by atoms with van der Waals surface area (Å²) in [4.78, 5) is 10.6. The number of rotatable bonds is 21. The molecule has 1 aliphatic carbocycles. The Kier molecular flexibility index (Phi) is 17.7. The van der Waals surface area contributed by atoms with Crippen LogP contribution in [0, 0.1) is 0 Å². The first-order valence-electron chi connectivity index (χ1n) is 26.2. The zero-order chi connectivity index (χ0) is 62.8. The van der Waals surface area contributed by atoms with Gasteiger partial charge in [0.05, 0.1) is 26.7 Å². The molecule has 23 nitrogen and oxygen atoms in total. The number of nitrogens with one attached hydrogen (secondary N) is 1. The van der Waals surface area contributed by atoms with Crippen molar-refractivity contribution in [1.82, 2.24) is 5.32 Å². The lowest BCUT2D eigenvalue weighted by Gasteiger charge is -2.27. The fourth-order valence-corrected chi connectivity index (χ4v) is 15.0. The fraction of sp³-hybridized carbons (Fsp3) is 0.321. The number of nitrogens with zero attached hydrogens (tertiary/aromatic N) is 2. The summed E-state index contributed by atoms with van der Waals surface area (Å²) >= 11 is 0. The third-order valence-electron chi connectivity index (χ3n) is 15.1. The van der Waals surface area contributed by atoms with E-state index >= 15 is 0 Å². The van der Waals surface area contributed by atoms with Gasteiger partial charge in [-0.3, -0.25) is 32.1 Å². The van der Waals surface area contributed by atoms with Gasteiger partial charge in [0, 0.05) is 70.4 Å². The summed E-state index contributed by atoms with van der Waals surface area (Å²) in [5.74, 6) is -0.902. The van der Waals surface area contributed by atoms with E-state index in [1.54, 1.807) is 80.5 Å². The van der Waals surface area contributed by atoms with Crippen LogP contribution in [0.15, 0.2) is 151 Å². The molecule has 29 heteroatoms. The van der Waals surface area contributed by atoms with Crippen LogP contribution in [0.4, 0.5) is 11.4 Å². The predicted octanol–water partition coefficient (Wildman–Crippen LogP) is 7.83. The molecule has 0 fully saturated rings. The summed E-state index contributed by atoms with van der Waals surface area (Å²) in [6.45, 7) is 12.4. The monoisotopic (exact) mass is 1290 g/mol. The molecule has 456 valence electrons. The molecule has 0 atom stereocenters. The van der Waals surface area contributed by atoms with E-state index in [0.29, 0.717) is 106 Å². The van der Waals surface area contributed by atoms with Gasteiger partial charge in [-0.2, -0.15) is 55.1 Å². The summed E-state index contributed by atoms with van der Waals surface area (Å²) in [6.07, 6.45) is 8.49. The molecule has 5 aromatic rings. The first-order valence-corrected chi connectivity index (χ1v) is 35.1. The highest BCUT2D eigenvalue weighted by Crippen LogP contribution is 2.52. The minimum absolute atomic E-state index is 0.0176. The first-order chi connectivity index (χ1) is 39.2. The molecule has 0 radical (unpaired) electrons. The van der Waals surface area contributed by atoms with E-state index in [2.05, 4.69) is 11.9 Å². The molecule has 0 aromatic heterocycles. The van der Waals surface area contributed by atoms with Crippen LogP contribution in [0.25, 0.3) is 21.5 Å². The molecule has 2 heterocycles. The molecule has 3 aliphatic rings. The number of fused-ring (bicyclic) bond motifs is 6. The first kappa shape index (κ1) is 64.5. The van der Waals surface area contributed by atoms with Crippen LogP contribution in [0.1, 0.15) is 83.4 Å². The topological polar surface area (TPSA) is 371 Å². The van der Waals surface area contributed by atoms with Crippen LogP contribution in [-0.4, -0.2) is 125 Å². The second-order valence-corrected chi connectivity index (χ2v) is 30.7. The zero-order valence-corrected chi connectivity index (χ0v) is 51.4. The third kappa shape index (κ3) is 14.0. The number of allylic oxidation sites excluding steroid dienone is 7. The Bertz CT molecular complexity index is 4540. The highest BCUT2D eigenvalue weighted by atomic mass is 32.2. The van der Waals surface area contributed by atoms with Crippen LogP contribution in [0.2, 0.25) is 0 Å². The Balaban J connectivity index is 1.32. The van der Waals surface area contributed by atoms with Crippen LogP contribution >= 0.6 is 0 Å². The van der Waals surface area contributed by atoms with Gasteiger partial charge < -0.3 is 15.0 Å². The van der Waals surface area contributed by atoms with Gasteiger partial charge in [0.2, 0.25) is 11.6 Å². The molecule has 0 saturated heterocycles. The fourth-order valence-electron chi connectivity index (χ4n) is 11.3. The predicted molar refractivity (Wildman–Crippen MR) is 317 cm³/mol. The van der Waals surface area contributed by atoms with E-state index in [4.69, 9.17) is 4.74 Å². The number of carbonyl (C=O) groups excluding carboxylic acids is 1. The van der Waals surface area contributed by atoms with E-state index < -0.39 is 103 Å². The second-order valence-electron chi connectivity index (χ2n) is 21.9. The van der Waals surface area contributed by atoms with Crippen molar-refractivity contribution >= 4 is 105 Å². The number of ether oxygens (including phenoxy) is 1. The van der Waals surface area contributed by atoms with Crippen molar-refractivity contribution < 1.29 is 91.9 Å². The van der Waals surface area contributed by atoms with Crippen molar-refractivity contribution in [2.75, 3.05) is 36.0 Å². The maximum atomic E-state index is 12.8. The van der Waals surface area contributed by atoms with E-state index in [0.717, 1.165) is 17.7 Å². The molecule has 85 heavy (non-hydrogen) atoms. The van der Waals surface area contributed by atoms with Crippen molar-refractivity contribution in [3.05, 3.63) is 149 Å². The highest BCUT2D eigenvalue weighted by molar-refractivity contribution is 7.87. The average Bonchev–Trinajstić information content (AvgIpc) is 1.64. The Morgan fingerprint density at radius 2 is 1.21 bits per heavy atom. The number of benzene rings is 5. The highest BCUT2D eigenvalue weighted by Gasteiger charge is 2.47. The molecule has 0 unspecified atom stereocenters. The molecular weight excluding hydrogens is 1230 g/mol. The van der Waals surface area contributed by atoms with Gasteiger partial charge in [-0.05, 0) is 147 Å². The van der Waals surface area contributed by atoms with Crippen LogP contribution in [0.5, 0.6) is 5.75 Å². The van der Waals surface area contributed by atoms with Gasteiger partial charge in [0.25, 0.3) is 60.7 Å². The molecule has 0 bridgehead atoms. The lowest BCUT2D eigenvalue weighted by Crippen LogP contribution is -2.28. The molecule has 0 saturated carbocycles. The smallest absolute Gasteiger partial charge is 0.295 e. The normalized spacial score (nSPS) is 17.6. The van der Waals surface area contributed by atoms with E-state index in [1.807, 2.05) is 12.1 Å². The number of amides is 1. The van der Waals surface area contributed by atoms with Crippen molar-refractivity contribution in [3.8, 4) is 5.75 Å². The Morgan fingerprint density at radius 1 is 0.659 bits per heavy atom. The quantitative estimate of drug-likeness (QED) is 0.0209. The standard InChI is InChI=1S/C56H61N3O20S6/c1-34(2)54(60)57-25-24-35-12-16-38(17-13-35)79-53-36(14-22-49-55(3,4)51-43-30-39(82(67,68)69)32-47(84(73,74)75)41(43)18-20-45(51)58(49)26-8-28-80(61,62)63)10-7-11-37(53)15-23-50-56(5,6)52-44-31-40(83(70,71)72)33-48(85(76,77)78)42(44)19-21-46(52)59(50)27-9-29-81(64,65)66/h12-23,30-33H,1,7-11,24-29H2,2-6H3,(H6-,57,60,61,62,63,64,65,66,67,68,69,70,71,72,73,74,75,76,77,78)/p+1. The van der Waals surface area contributed by atoms with Crippen molar-refractivity contribution in [1.29, 1.82) is 0 Å². The largest absolute Gasteiger partial charge is 0.457 e. The lowest BCUT2D eigenvalue weighted by molar-refractivity contribution is -0.437. The summed E-state index contributed by atoms with van der Waals surface area (Å²) in [5, 5.41) is 2.65. The van der Waals surface area contributed by atoms with Gasteiger partial charge in [-0.1, -0.05) is 44.7 Å². The van der Waals surface area contributed by atoms with Crippen molar-refractivity contribution in [3.63, 3.8) is 0 Å². The number of carbonyl (C=O) groups is 1. The summed E-state index contributed by atoms with van der Waals surface area (Å²) in [5.41, 5.74) is 2.36. The summed E-state index contributed by atoms with van der Waals surface area (Å²) in [7, 11) is -29.3. The minimum Gasteiger partial charge on any atom is -0.457 e. The van der Waals surface area contributed by atoms with Gasteiger partial charge in [-0.15, -0.1) is 0 Å². The molecule has 5 aromatic carbocycles. The molecule has 7 N–H and O–H groups in total. The van der Waals surface area contributed by atoms with E-state index in [1.165, 1.54) is 24.3 Å². The van der Waals surface area contributed by atoms with Crippen molar-refractivity contribution in [2.24, 2.45) is 0 Å². The summed E-state index contributed by atoms with van der Waals surface area (Å²) in [6, 6.07) is 16.2. The number of anilines is 1. The maximum Gasteiger partial charge on any atom is 0.295 e. The summed E-state index contributed by atoms with van der Waals surface area (Å²) < 4.78 is 219. The van der Waals surface area contributed by atoms with Crippen LogP contribution < -0.4 is 15.0 Å². The third-order valence-corrected chi connectivity index (χ3v) is 20.2. The molecule has 0 spiro atoms. The lowest BCUT2D eigenvalue weighted by atomic mass is 9.78. The zero-order valence-electron chi connectivity index (χ0n) is 46.5. The Morgan fingerprint density at radius 3 is 1.75 bits per heavy atom. The van der Waals surface area contributed by atoms with Crippen LogP contribution in [0.3, 0.4) is 0 Å². The minimum atomic E-state index is -5.11. The van der Waals surface area contributed by atoms with Crippen molar-refractivity contribution in [2.45, 2.75) is 104 Å². The van der Waals surface area contributed by atoms with Crippen LogP contribution in [-0.2, 0) is 82.8 Å². The molecule has 1 amide bonds. The number of hydrogen-bond acceptors (Lipinski definition) is 15. The van der Waals surface area contributed by atoms with E-state index in [9.17, 15) is 82.6 Å². The average molecular weight is 1290 g/mol. The van der Waals surface area contributed by atoms with Gasteiger partial charge in [-0.25, -0.2) is 0 Å². The number of hydrogen-bond donors (Lipinski definition) is 7. The Labute approximate surface area is 493 Å². The van der Waals surface area contributed by atoms with Gasteiger partial charge >= 0.3 is 0 Å². The Hall–Kier alpha value is -6.48. The molecule has 8 rings (SSSR count). The SMILES string of the molecule is C=C(C)C(=O)NCCc1ccc(OC2=C(C=CC3=[N+](CCCS(=O)(=O)O)c4ccc5c(S(=O)(=O)O)cc(S(=O)(=O)O)cc5c4C3(C)C)CCCC2=CC=C2N(CCCS(=O)(=O)O)c3ccc4c(S(=O)(=O)O)cc(S(=O)(=O)O)cc4c3C2(C)C)cc1.